The Hall–Kier alpha value is -0.0800. The second kappa shape index (κ2) is 5.28. The van der Waals surface area contributed by atoms with E-state index < -0.39 is 0 Å². The zero-order valence-corrected chi connectivity index (χ0v) is 14.0. The molecule has 0 amide bonds. The number of likely N-dealkylation sites (tertiary alicyclic amines) is 1. The first-order valence-electron chi connectivity index (χ1n) is 8.96. The van der Waals surface area contributed by atoms with Gasteiger partial charge in [-0.05, 0) is 74.9 Å². The highest BCUT2D eigenvalue weighted by molar-refractivity contribution is 5.13. The number of fused-ring (bicyclic) bond motifs is 2. The van der Waals surface area contributed by atoms with Crippen molar-refractivity contribution < 1.29 is 0 Å². The van der Waals surface area contributed by atoms with E-state index in [0.717, 1.165) is 18.0 Å². The van der Waals surface area contributed by atoms with Crippen molar-refractivity contribution in [3.05, 3.63) is 0 Å². The Morgan fingerprint density at radius 2 is 1.80 bits per heavy atom. The number of hydrogen-bond acceptors (Lipinski definition) is 2. The lowest BCUT2D eigenvalue weighted by Crippen LogP contribution is -2.51. The van der Waals surface area contributed by atoms with Gasteiger partial charge in [0.2, 0.25) is 0 Å². The summed E-state index contributed by atoms with van der Waals surface area (Å²) in [4.78, 5) is 2.64. The van der Waals surface area contributed by atoms with Gasteiger partial charge >= 0.3 is 0 Å². The largest absolute Gasteiger partial charge is 0.311 e. The van der Waals surface area contributed by atoms with Crippen LogP contribution in [0.4, 0.5) is 0 Å². The fourth-order valence-electron chi connectivity index (χ4n) is 5.38. The quantitative estimate of drug-likeness (QED) is 0.844. The van der Waals surface area contributed by atoms with Gasteiger partial charge in [0.25, 0.3) is 0 Å². The van der Waals surface area contributed by atoms with E-state index in [0.29, 0.717) is 10.8 Å². The van der Waals surface area contributed by atoms with Crippen LogP contribution in [0, 0.1) is 16.7 Å². The first-order chi connectivity index (χ1) is 9.47. The summed E-state index contributed by atoms with van der Waals surface area (Å²) >= 11 is 0. The molecule has 116 valence electrons. The number of rotatable bonds is 4. The fraction of sp³-hybridized carbons (Fsp3) is 1.00. The molecule has 2 nitrogen and oxygen atoms in total. The molecule has 0 aromatic rings. The van der Waals surface area contributed by atoms with Crippen molar-refractivity contribution in [2.45, 2.75) is 78.3 Å². The second-order valence-corrected chi connectivity index (χ2v) is 8.45. The predicted molar refractivity (Wildman–Crippen MR) is 85.9 cm³/mol. The molecule has 2 bridgehead atoms. The normalized spacial score (nSPS) is 41.4. The summed E-state index contributed by atoms with van der Waals surface area (Å²) in [5.74, 6) is 0.963. The van der Waals surface area contributed by atoms with Crippen molar-refractivity contribution in [1.29, 1.82) is 0 Å². The van der Waals surface area contributed by atoms with Crippen molar-refractivity contribution in [3.8, 4) is 0 Å². The maximum atomic E-state index is 4.08. The number of piperidine rings is 1. The minimum Gasteiger partial charge on any atom is -0.311 e. The molecule has 2 saturated carbocycles. The van der Waals surface area contributed by atoms with Crippen LogP contribution in [0.3, 0.4) is 0 Å². The van der Waals surface area contributed by atoms with Crippen LogP contribution in [0.5, 0.6) is 0 Å². The molecule has 2 heteroatoms. The Labute approximate surface area is 125 Å². The van der Waals surface area contributed by atoms with Crippen LogP contribution in [0.1, 0.15) is 66.2 Å². The first-order valence-corrected chi connectivity index (χ1v) is 8.96. The predicted octanol–water partition coefficient (Wildman–Crippen LogP) is 3.67. The Bertz CT molecular complexity index is 343. The zero-order chi connectivity index (χ0) is 14.4. The van der Waals surface area contributed by atoms with Crippen LogP contribution in [-0.4, -0.2) is 36.6 Å². The molecular formula is C18H34N2. The van der Waals surface area contributed by atoms with Gasteiger partial charge in [0, 0.05) is 12.1 Å². The monoisotopic (exact) mass is 278 g/mol. The molecule has 3 unspecified atom stereocenters. The molecule has 3 rings (SSSR count). The van der Waals surface area contributed by atoms with Crippen LogP contribution < -0.4 is 5.32 Å². The molecule has 1 saturated heterocycles. The van der Waals surface area contributed by atoms with Gasteiger partial charge in [-0.15, -0.1) is 0 Å². The Morgan fingerprint density at radius 3 is 2.30 bits per heavy atom. The number of hydrogen-bond donors (Lipinski definition) is 1. The van der Waals surface area contributed by atoms with Gasteiger partial charge in [0.05, 0.1) is 0 Å². The van der Waals surface area contributed by atoms with E-state index in [1.165, 1.54) is 58.2 Å². The highest BCUT2D eigenvalue weighted by atomic mass is 15.1. The van der Waals surface area contributed by atoms with Gasteiger partial charge in [0.1, 0.15) is 0 Å². The summed E-state index contributed by atoms with van der Waals surface area (Å²) in [6.45, 7) is 13.8. The van der Waals surface area contributed by atoms with Crippen LogP contribution in [0.15, 0.2) is 0 Å². The summed E-state index contributed by atoms with van der Waals surface area (Å²) in [6, 6.07) is 1.55. The van der Waals surface area contributed by atoms with Crippen molar-refractivity contribution >= 4 is 0 Å². The first kappa shape index (κ1) is 14.8. The minimum atomic E-state index is 0.540. The summed E-state index contributed by atoms with van der Waals surface area (Å²) < 4.78 is 0. The lowest BCUT2D eigenvalue weighted by Gasteiger charge is -2.42. The minimum absolute atomic E-state index is 0.540. The van der Waals surface area contributed by atoms with E-state index in [2.05, 4.69) is 37.9 Å². The second-order valence-electron chi connectivity index (χ2n) is 8.45. The summed E-state index contributed by atoms with van der Waals surface area (Å²) in [5.41, 5.74) is 1.09. The summed E-state index contributed by atoms with van der Waals surface area (Å²) in [6.07, 6.45) is 8.36. The highest BCUT2D eigenvalue weighted by Gasteiger charge is 2.61. The molecule has 2 aliphatic carbocycles. The topological polar surface area (TPSA) is 15.3 Å². The van der Waals surface area contributed by atoms with Gasteiger partial charge < -0.3 is 10.2 Å². The molecular weight excluding hydrogens is 244 g/mol. The number of nitrogens with zero attached hydrogens (tertiary/aromatic N) is 1. The molecule has 20 heavy (non-hydrogen) atoms. The maximum Gasteiger partial charge on any atom is 0.0131 e. The Morgan fingerprint density at radius 1 is 1.10 bits per heavy atom. The molecule has 3 fully saturated rings. The number of nitrogens with one attached hydrogen (secondary N) is 1. The van der Waals surface area contributed by atoms with Gasteiger partial charge in [-0.1, -0.05) is 27.7 Å². The zero-order valence-electron chi connectivity index (χ0n) is 14.0. The van der Waals surface area contributed by atoms with E-state index in [9.17, 15) is 0 Å². The molecule has 0 spiro atoms. The molecule has 0 aromatic carbocycles. The Balaban J connectivity index is 1.56. The fourth-order valence-corrected chi connectivity index (χ4v) is 5.38. The van der Waals surface area contributed by atoms with Gasteiger partial charge in [-0.2, -0.15) is 0 Å². The third kappa shape index (κ3) is 2.23. The smallest absolute Gasteiger partial charge is 0.0131 e. The van der Waals surface area contributed by atoms with Crippen LogP contribution in [0.25, 0.3) is 0 Å². The van der Waals surface area contributed by atoms with Crippen molar-refractivity contribution in [1.82, 2.24) is 10.2 Å². The highest BCUT2D eigenvalue weighted by Crippen LogP contribution is 2.65. The lowest BCUT2D eigenvalue weighted by molar-refractivity contribution is 0.104. The maximum absolute atomic E-state index is 4.08. The Kier molecular flexibility index (Phi) is 3.92. The molecule has 3 atom stereocenters. The molecule has 1 aliphatic heterocycles. The van der Waals surface area contributed by atoms with Gasteiger partial charge in [-0.3, -0.25) is 0 Å². The average Bonchev–Trinajstić information content (AvgIpc) is 2.74. The van der Waals surface area contributed by atoms with Crippen LogP contribution in [0.2, 0.25) is 0 Å². The standard InChI is InChI=1S/C18H34N2/c1-5-10-20-11-7-15(8-12-20)19-16-13-14-6-9-18(16,4)17(14,2)3/h14-16,19H,5-13H2,1-4H3. The van der Waals surface area contributed by atoms with E-state index in [4.69, 9.17) is 0 Å². The average molecular weight is 278 g/mol. The van der Waals surface area contributed by atoms with Crippen molar-refractivity contribution in [2.24, 2.45) is 16.7 Å². The van der Waals surface area contributed by atoms with Gasteiger partial charge in [0.15, 0.2) is 0 Å². The summed E-state index contributed by atoms with van der Waals surface area (Å²) in [5, 5.41) is 4.08. The third-order valence-corrected chi connectivity index (χ3v) is 7.36. The summed E-state index contributed by atoms with van der Waals surface area (Å²) in [7, 11) is 0. The van der Waals surface area contributed by atoms with Crippen LogP contribution >= 0.6 is 0 Å². The lowest BCUT2D eigenvalue weighted by atomic mass is 9.69. The molecule has 0 radical (unpaired) electrons. The van der Waals surface area contributed by atoms with Gasteiger partial charge in [-0.25, -0.2) is 0 Å². The molecule has 1 heterocycles. The van der Waals surface area contributed by atoms with Crippen molar-refractivity contribution in [2.75, 3.05) is 19.6 Å². The molecule has 0 aromatic heterocycles. The van der Waals surface area contributed by atoms with Crippen LogP contribution in [-0.2, 0) is 0 Å². The SMILES string of the molecule is CCCN1CCC(NC2CC3CCC2(C)C3(C)C)CC1. The molecule has 1 N–H and O–H groups in total. The van der Waals surface area contributed by atoms with E-state index >= 15 is 0 Å². The molecule has 3 aliphatic rings. The van der Waals surface area contributed by atoms with E-state index in [1.54, 1.807) is 0 Å². The van der Waals surface area contributed by atoms with Crippen molar-refractivity contribution in [3.63, 3.8) is 0 Å². The third-order valence-electron chi connectivity index (χ3n) is 7.36. The van der Waals surface area contributed by atoms with E-state index in [1.807, 2.05) is 0 Å². The van der Waals surface area contributed by atoms with E-state index in [-0.39, 0.29) is 0 Å².